The number of nitrogens with two attached hydrogens (primary N) is 1. The third-order valence-electron chi connectivity index (χ3n) is 2.98. The first-order chi connectivity index (χ1) is 7.08. The second-order valence-corrected chi connectivity index (χ2v) is 4.38. The van der Waals surface area contributed by atoms with Crippen molar-refractivity contribution >= 4 is 17.3 Å². The molecule has 2 rings (SSSR count). The Kier molecular flexibility index (Phi) is 2.39. The molecule has 0 saturated heterocycles. The molecule has 3 nitrogen and oxygen atoms in total. The number of anilines is 2. The molecule has 1 fully saturated rings. The summed E-state index contributed by atoms with van der Waals surface area (Å²) in [5.41, 5.74) is 8.29. The molecule has 15 heavy (non-hydrogen) atoms. The van der Waals surface area contributed by atoms with Crippen molar-refractivity contribution in [1.29, 1.82) is 0 Å². The van der Waals surface area contributed by atoms with E-state index in [0.717, 1.165) is 23.4 Å². The van der Waals surface area contributed by atoms with E-state index in [-0.39, 0.29) is 11.8 Å². The lowest BCUT2D eigenvalue weighted by molar-refractivity contribution is -0.117. The molecule has 1 aromatic rings. The quantitative estimate of drug-likeness (QED) is 0.725. The number of aryl methyl sites for hydroxylation is 1. The topological polar surface area (TPSA) is 55.1 Å². The molecule has 0 aromatic heterocycles. The monoisotopic (exact) mass is 204 g/mol. The van der Waals surface area contributed by atoms with Crippen molar-refractivity contribution in [2.75, 3.05) is 11.1 Å². The predicted octanol–water partition coefficient (Wildman–Crippen LogP) is 2.17. The summed E-state index contributed by atoms with van der Waals surface area (Å²) >= 11 is 0. The molecule has 0 radical (unpaired) electrons. The van der Waals surface area contributed by atoms with E-state index in [1.165, 1.54) is 0 Å². The van der Waals surface area contributed by atoms with Crippen LogP contribution in [0, 0.1) is 18.8 Å². The molecule has 2 unspecified atom stereocenters. The molecule has 1 amide bonds. The van der Waals surface area contributed by atoms with E-state index < -0.39 is 0 Å². The molecule has 1 aromatic carbocycles. The van der Waals surface area contributed by atoms with Crippen molar-refractivity contribution in [2.45, 2.75) is 20.3 Å². The Morgan fingerprint density at radius 2 is 2.20 bits per heavy atom. The van der Waals surface area contributed by atoms with Gasteiger partial charge in [-0.15, -0.1) is 0 Å². The van der Waals surface area contributed by atoms with Crippen molar-refractivity contribution < 1.29 is 4.79 Å². The molecule has 3 N–H and O–H groups in total. The van der Waals surface area contributed by atoms with Crippen molar-refractivity contribution in [3.05, 3.63) is 23.8 Å². The van der Waals surface area contributed by atoms with Crippen LogP contribution in [0.3, 0.4) is 0 Å². The molecule has 3 heteroatoms. The average Bonchev–Trinajstić information content (AvgIpc) is 2.89. The fourth-order valence-electron chi connectivity index (χ4n) is 1.68. The number of rotatable bonds is 2. The van der Waals surface area contributed by atoms with Crippen LogP contribution in [0.4, 0.5) is 11.4 Å². The summed E-state index contributed by atoms with van der Waals surface area (Å²) in [5.74, 6) is 0.884. The molecule has 1 saturated carbocycles. The van der Waals surface area contributed by atoms with Gasteiger partial charge in [-0.2, -0.15) is 0 Å². The molecule has 1 aliphatic carbocycles. The van der Waals surface area contributed by atoms with Crippen LogP contribution in [0.1, 0.15) is 18.9 Å². The third-order valence-corrected chi connectivity index (χ3v) is 2.98. The van der Waals surface area contributed by atoms with Gasteiger partial charge in [0.05, 0.1) is 0 Å². The molecule has 0 heterocycles. The lowest BCUT2D eigenvalue weighted by atomic mass is 10.2. The minimum absolute atomic E-state index is 0.131. The summed E-state index contributed by atoms with van der Waals surface area (Å²) in [4.78, 5) is 11.6. The lowest BCUT2D eigenvalue weighted by Crippen LogP contribution is -2.14. The fraction of sp³-hybridized carbons (Fsp3) is 0.417. The van der Waals surface area contributed by atoms with Crippen LogP contribution in [0.5, 0.6) is 0 Å². The summed E-state index contributed by atoms with van der Waals surface area (Å²) in [5, 5.41) is 2.91. The van der Waals surface area contributed by atoms with Crippen LogP contribution in [0.25, 0.3) is 0 Å². The van der Waals surface area contributed by atoms with Gasteiger partial charge in [0.2, 0.25) is 5.91 Å². The maximum absolute atomic E-state index is 11.6. The van der Waals surface area contributed by atoms with E-state index >= 15 is 0 Å². The number of hydrogen-bond acceptors (Lipinski definition) is 2. The van der Waals surface area contributed by atoms with E-state index in [1.54, 1.807) is 0 Å². The molecular formula is C12H16N2O. The van der Waals surface area contributed by atoms with E-state index in [1.807, 2.05) is 25.1 Å². The Morgan fingerprint density at radius 3 is 2.73 bits per heavy atom. The van der Waals surface area contributed by atoms with Gasteiger partial charge in [0.1, 0.15) is 0 Å². The highest BCUT2D eigenvalue weighted by Gasteiger charge is 2.38. The SMILES string of the molecule is Cc1cc(NC(=O)C2CC2C)ccc1N. The third kappa shape index (κ3) is 2.12. The van der Waals surface area contributed by atoms with Crippen molar-refractivity contribution in [1.82, 2.24) is 0 Å². The number of nitrogens with one attached hydrogen (secondary N) is 1. The number of carbonyl (C=O) groups excluding carboxylic acids is 1. The first kappa shape index (κ1) is 10.0. The van der Waals surface area contributed by atoms with E-state index in [4.69, 9.17) is 5.73 Å². The van der Waals surface area contributed by atoms with E-state index in [2.05, 4.69) is 12.2 Å². The Hall–Kier alpha value is -1.51. The molecule has 0 bridgehead atoms. The highest BCUT2D eigenvalue weighted by Crippen LogP contribution is 2.38. The van der Waals surface area contributed by atoms with Gasteiger partial charge < -0.3 is 11.1 Å². The van der Waals surface area contributed by atoms with Gasteiger partial charge in [0.15, 0.2) is 0 Å². The maximum atomic E-state index is 11.6. The van der Waals surface area contributed by atoms with Gasteiger partial charge in [-0.05, 0) is 43.0 Å². The molecule has 1 aliphatic rings. The van der Waals surface area contributed by atoms with Crippen LogP contribution >= 0.6 is 0 Å². The summed E-state index contributed by atoms with van der Waals surface area (Å²) in [6, 6.07) is 5.56. The van der Waals surface area contributed by atoms with Gasteiger partial charge >= 0.3 is 0 Å². The van der Waals surface area contributed by atoms with Crippen LogP contribution in [-0.2, 0) is 4.79 Å². The summed E-state index contributed by atoms with van der Waals surface area (Å²) < 4.78 is 0. The number of hydrogen-bond donors (Lipinski definition) is 2. The zero-order valence-electron chi connectivity index (χ0n) is 9.08. The van der Waals surface area contributed by atoms with Crippen LogP contribution in [0.2, 0.25) is 0 Å². The fourth-order valence-corrected chi connectivity index (χ4v) is 1.68. The molecule has 0 aliphatic heterocycles. The standard InChI is InChI=1S/C12H16N2O/c1-7-6-10(7)12(15)14-9-3-4-11(13)8(2)5-9/h3-5,7,10H,6,13H2,1-2H3,(H,14,15). The van der Waals surface area contributed by atoms with Crippen LogP contribution in [0.15, 0.2) is 18.2 Å². The highest BCUT2D eigenvalue weighted by molar-refractivity contribution is 5.94. The Bertz CT molecular complexity index is 401. The average molecular weight is 204 g/mol. The van der Waals surface area contributed by atoms with Crippen molar-refractivity contribution in [3.63, 3.8) is 0 Å². The molecule has 2 atom stereocenters. The zero-order chi connectivity index (χ0) is 11.0. The molecule has 80 valence electrons. The lowest BCUT2D eigenvalue weighted by Gasteiger charge is -2.06. The van der Waals surface area contributed by atoms with Gasteiger partial charge in [0.25, 0.3) is 0 Å². The molecular weight excluding hydrogens is 188 g/mol. The Morgan fingerprint density at radius 1 is 1.53 bits per heavy atom. The first-order valence-corrected chi connectivity index (χ1v) is 5.25. The number of carbonyl (C=O) groups is 1. The smallest absolute Gasteiger partial charge is 0.227 e. The summed E-state index contributed by atoms with van der Waals surface area (Å²) in [6.07, 6.45) is 1.01. The molecule has 0 spiro atoms. The van der Waals surface area contributed by atoms with Gasteiger partial charge in [0, 0.05) is 17.3 Å². The minimum atomic E-state index is 0.131. The normalized spacial score (nSPS) is 23.6. The Labute approximate surface area is 89.7 Å². The summed E-state index contributed by atoms with van der Waals surface area (Å²) in [7, 11) is 0. The zero-order valence-corrected chi connectivity index (χ0v) is 9.08. The van der Waals surface area contributed by atoms with Gasteiger partial charge in [-0.3, -0.25) is 4.79 Å². The van der Waals surface area contributed by atoms with Crippen LogP contribution < -0.4 is 11.1 Å². The maximum Gasteiger partial charge on any atom is 0.227 e. The Balaban J connectivity index is 2.04. The first-order valence-electron chi connectivity index (χ1n) is 5.25. The van der Waals surface area contributed by atoms with Crippen LogP contribution in [-0.4, -0.2) is 5.91 Å². The van der Waals surface area contributed by atoms with Gasteiger partial charge in [-0.1, -0.05) is 6.92 Å². The van der Waals surface area contributed by atoms with Gasteiger partial charge in [-0.25, -0.2) is 0 Å². The minimum Gasteiger partial charge on any atom is -0.399 e. The van der Waals surface area contributed by atoms with Crippen molar-refractivity contribution in [3.8, 4) is 0 Å². The number of nitrogen functional groups attached to an aromatic ring is 1. The summed E-state index contributed by atoms with van der Waals surface area (Å²) in [6.45, 7) is 4.03. The predicted molar refractivity (Wildman–Crippen MR) is 61.5 cm³/mol. The van der Waals surface area contributed by atoms with Crippen molar-refractivity contribution in [2.24, 2.45) is 11.8 Å². The second kappa shape index (κ2) is 3.57. The van der Waals surface area contributed by atoms with E-state index in [0.29, 0.717) is 5.92 Å². The largest absolute Gasteiger partial charge is 0.399 e. The number of benzene rings is 1. The second-order valence-electron chi connectivity index (χ2n) is 4.38. The number of amides is 1. The highest BCUT2D eigenvalue weighted by atomic mass is 16.2. The van der Waals surface area contributed by atoms with E-state index in [9.17, 15) is 4.79 Å².